The van der Waals surface area contributed by atoms with E-state index >= 15 is 0 Å². The molecule has 2 heterocycles. The Hall–Kier alpha value is -3.43. The summed E-state index contributed by atoms with van der Waals surface area (Å²) in [6.07, 6.45) is 2.60. The third kappa shape index (κ3) is 4.42. The maximum Gasteiger partial charge on any atom is 0.294 e. The molecule has 2 aromatic carbocycles. The summed E-state index contributed by atoms with van der Waals surface area (Å²) in [7, 11) is -1.85. The van der Waals surface area contributed by atoms with Gasteiger partial charge in [-0.1, -0.05) is 18.2 Å². The van der Waals surface area contributed by atoms with Crippen molar-refractivity contribution in [2.45, 2.75) is 17.9 Å². The van der Waals surface area contributed by atoms with E-state index in [1.165, 1.54) is 13.4 Å². The minimum Gasteiger partial charge on any atom is -0.459 e. The highest BCUT2D eigenvalue weighted by atomic mass is 32.2. The van der Waals surface area contributed by atoms with Gasteiger partial charge in [-0.15, -0.1) is 0 Å². The third-order valence-electron chi connectivity index (χ3n) is 5.54. The second-order valence-electron chi connectivity index (χ2n) is 7.94. The quantitative estimate of drug-likeness (QED) is 0.570. The first-order valence-electron chi connectivity index (χ1n) is 10.3. The highest BCUT2D eigenvalue weighted by molar-refractivity contribution is 7.90. The molecule has 3 aromatic rings. The molecular weight excluding hydrogens is 444 g/mol. The molecule has 9 heteroatoms. The molecular formula is C24H24N2O6S. The second kappa shape index (κ2) is 8.84. The van der Waals surface area contributed by atoms with Crippen molar-refractivity contribution in [3.8, 4) is 11.1 Å². The van der Waals surface area contributed by atoms with Gasteiger partial charge < -0.3 is 19.0 Å². The Bertz CT molecular complexity index is 1280. The highest BCUT2D eigenvalue weighted by Crippen LogP contribution is 2.39. The van der Waals surface area contributed by atoms with Gasteiger partial charge in [0, 0.05) is 19.9 Å². The average molecular weight is 469 g/mol. The molecule has 1 unspecified atom stereocenters. The van der Waals surface area contributed by atoms with E-state index in [4.69, 9.17) is 9.15 Å². The van der Waals surface area contributed by atoms with E-state index in [1.807, 2.05) is 19.1 Å². The number of amides is 2. The van der Waals surface area contributed by atoms with Gasteiger partial charge in [-0.3, -0.25) is 9.59 Å². The molecule has 1 aliphatic heterocycles. The molecule has 0 saturated carbocycles. The summed E-state index contributed by atoms with van der Waals surface area (Å²) in [5.74, 6) is -0.314. The number of hydrogen-bond donors (Lipinski definition) is 0. The molecule has 1 aromatic heterocycles. The van der Waals surface area contributed by atoms with Crippen molar-refractivity contribution in [2.24, 2.45) is 0 Å². The molecule has 4 rings (SSSR count). The lowest BCUT2D eigenvalue weighted by atomic mass is 10.0. The van der Waals surface area contributed by atoms with Crippen molar-refractivity contribution in [3.05, 3.63) is 66.6 Å². The van der Waals surface area contributed by atoms with Crippen LogP contribution in [0.25, 0.3) is 11.1 Å². The zero-order chi connectivity index (χ0) is 23.8. The summed E-state index contributed by atoms with van der Waals surface area (Å²) in [5.41, 5.74) is 2.71. The Kier molecular flexibility index (Phi) is 6.09. The van der Waals surface area contributed by atoms with E-state index in [0.29, 0.717) is 11.4 Å². The number of carbonyl (C=O) groups excluding carboxylic acids is 2. The smallest absolute Gasteiger partial charge is 0.294 e. The van der Waals surface area contributed by atoms with Crippen LogP contribution in [0.4, 0.5) is 11.4 Å². The maximum absolute atomic E-state index is 13.2. The predicted octanol–water partition coefficient (Wildman–Crippen LogP) is 3.38. The summed E-state index contributed by atoms with van der Waals surface area (Å²) >= 11 is 0. The van der Waals surface area contributed by atoms with Crippen LogP contribution in [-0.4, -0.2) is 52.8 Å². The summed E-state index contributed by atoms with van der Waals surface area (Å²) in [4.78, 5) is 29.5. The maximum atomic E-state index is 13.2. The molecule has 0 bridgehead atoms. The zero-order valence-electron chi connectivity index (χ0n) is 18.5. The van der Waals surface area contributed by atoms with Crippen molar-refractivity contribution in [1.82, 2.24) is 0 Å². The van der Waals surface area contributed by atoms with Gasteiger partial charge in [-0.05, 0) is 54.4 Å². The lowest BCUT2D eigenvalue weighted by Gasteiger charge is -2.41. The predicted molar refractivity (Wildman–Crippen MR) is 124 cm³/mol. The van der Waals surface area contributed by atoms with E-state index in [2.05, 4.69) is 0 Å². The molecule has 0 N–H and O–H groups in total. The van der Waals surface area contributed by atoms with Gasteiger partial charge in [0.25, 0.3) is 11.8 Å². The molecule has 0 radical (unpaired) electrons. The normalized spacial score (nSPS) is 15.9. The molecule has 1 aliphatic rings. The van der Waals surface area contributed by atoms with Gasteiger partial charge in [0.05, 0.1) is 28.6 Å². The fourth-order valence-electron chi connectivity index (χ4n) is 4.00. The van der Waals surface area contributed by atoms with E-state index in [1.54, 1.807) is 52.3 Å². The van der Waals surface area contributed by atoms with Crippen molar-refractivity contribution >= 4 is 33.0 Å². The molecule has 2 amide bonds. The molecule has 172 valence electrons. The van der Waals surface area contributed by atoms with Gasteiger partial charge in [0.1, 0.15) is 6.61 Å². The van der Waals surface area contributed by atoms with E-state index < -0.39 is 9.84 Å². The zero-order valence-corrected chi connectivity index (χ0v) is 19.3. The van der Waals surface area contributed by atoms with Crippen LogP contribution in [0, 0.1) is 0 Å². The Balaban J connectivity index is 1.81. The molecule has 0 spiro atoms. The lowest BCUT2D eigenvalue weighted by Crippen LogP contribution is -2.52. The van der Waals surface area contributed by atoms with Gasteiger partial charge in [-0.2, -0.15) is 0 Å². The van der Waals surface area contributed by atoms with Crippen LogP contribution in [0.2, 0.25) is 0 Å². The number of fused-ring (bicyclic) bond motifs is 1. The van der Waals surface area contributed by atoms with Crippen LogP contribution in [0.5, 0.6) is 0 Å². The van der Waals surface area contributed by atoms with Gasteiger partial charge in [0.2, 0.25) is 0 Å². The molecule has 8 nitrogen and oxygen atoms in total. The van der Waals surface area contributed by atoms with Crippen LogP contribution >= 0.6 is 0 Å². The summed E-state index contributed by atoms with van der Waals surface area (Å²) in [6, 6.07) is 15.0. The Morgan fingerprint density at radius 1 is 1.06 bits per heavy atom. The fraction of sp³-hybridized carbons (Fsp3) is 0.250. The van der Waals surface area contributed by atoms with Gasteiger partial charge >= 0.3 is 0 Å². The summed E-state index contributed by atoms with van der Waals surface area (Å²) in [5, 5.41) is 0. The topological polar surface area (TPSA) is 97.1 Å². The summed E-state index contributed by atoms with van der Waals surface area (Å²) in [6.45, 7) is 2.07. The Labute approximate surface area is 192 Å². The highest BCUT2D eigenvalue weighted by Gasteiger charge is 2.36. The number of furan rings is 1. The molecule has 1 atom stereocenters. The fourth-order valence-corrected chi connectivity index (χ4v) is 4.63. The first-order valence-corrected chi connectivity index (χ1v) is 12.2. The van der Waals surface area contributed by atoms with Crippen molar-refractivity contribution in [1.29, 1.82) is 0 Å². The van der Waals surface area contributed by atoms with Gasteiger partial charge in [-0.25, -0.2) is 8.42 Å². The number of carbonyl (C=O) groups is 2. The minimum atomic E-state index is -3.31. The van der Waals surface area contributed by atoms with Crippen LogP contribution in [0.15, 0.2) is 70.2 Å². The average Bonchev–Trinajstić information content (AvgIpc) is 3.32. The van der Waals surface area contributed by atoms with Crippen molar-refractivity contribution < 1.29 is 27.2 Å². The monoisotopic (exact) mass is 468 g/mol. The van der Waals surface area contributed by atoms with Crippen molar-refractivity contribution in [3.63, 3.8) is 0 Å². The second-order valence-corrected chi connectivity index (χ2v) is 9.95. The van der Waals surface area contributed by atoms with E-state index in [-0.39, 0.29) is 41.7 Å². The minimum absolute atomic E-state index is 0.0788. The summed E-state index contributed by atoms with van der Waals surface area (Å²) < 4.78 is 33.9. The number of hydrogen-bond acceptors (Lipinski definition) is 6. The molecule has 33 heavy (non-hydrogen) atoms. The third-order valence-corrected chi connectivity index (χ3v) is 6.67. The van der Waals surface area contributed by atoms with Crippen LogP contribution < -0.4 is 9.80 Å². The van der Waals surface area contributed by atoms with E-state index in [0.717, 1.165) is 17.4 Å². The number of ether oxygens (including phenoxy) is 1. The number of anilines is 2. The lowest BCUT2D eigenvalue weighted by molar-refractivity contribution is -0.122. The Morgan fingerprint density at radius 3 is 2.36 bits per heavy atom. The first-order chi connectivity index (χ1) is 15.7. The molecule has 0 aliphatic carbocycles. The number of methoxy groups -OCH3 is 1. The van der Waals surface area contributed by atoms with Crippen LogP contribution in [0.3, 0.4) is 0 Å². The van der Waals surface area contributed by atoms with Gasteiger partial charge in [0.15, 0.2) is 15.6 Å². The molecule has 0 saturated heterocycles. The SMILES string of the molecule is COCC(=O)N1c2ccc(-c3ccc(S(C)(=O)=O)cc3)cc2N(C(=O)c2ccco2)CC1C. The number of benzene rings is 2. The van der Waals surface area contributed by atoms with E-state index in [9.17, 15) is 18.0 Å². The van der Waals surface area contributed by atoms with Crippen LogP contribution in [0.1, 0.15) is 17.5 Å². The number of rotatable bonds is 5. The largest absolute Gasteiger partial charge is 0.459 e. The van der Waals surface area contributed by atoms with Crippen molar-refractivity contribution in [2.75, 3.05) is 36.3 Å². The first kappa shape index (κ1) is 22.8. The van der Waals surface area contributed by atoms with Crippen LogP contribution in [-0.2, 0) is 19.4 Å². The standard InChI is InChI=1S/C24H24N2O6S/c1-16-14-25(24(28)22-5-4-12-32-22)21-13-18(8-11-20(21)26(16)23(27)15-31-2)17-6-9-19(10-7-17)33(3,29)30/h4-13,16H,14-15H2,1-3H3. The number of sulfone groups is 1. The Morgan fingerprint density at radius 2 is 1.76 bits per heavy atom. The number of nitrogens with zero attached hydrogens (tertiary/aromatic N) is 2. The molecule has 0 fully saturated rings.